The summed E-state index contributed by atoms with van der Waals surface area (Å²) in [5, 5.41) is 13.2. The summed E-state index contributed by atoms with van der Waals surface area (Å²) >= 11 is 0. The van der Waals surface area contributed by atoms with Crippen LogP contribution in [0, 0.1) is 6.92 Å². The number of benzene rings is 2. The van der Waals surface area contributed by atoms with Crippen molar-refractivity contribution in [3.8, 4) is 5.75 Å². The molecule has 1 amide bonds. The van der Waals surface area contributed by atoms with Crippen LogP contribution in [-0.4, -0.2) is 26.0 Å². The fraction of sp³-hybridized carbons (Fsp3) is 0.167. The number of aromatic hydroxyl groups is 1. The average Bonchev–Trinajstić information content (AvgIpc) is 2.56. The van der Waals surface area contributed by atoms with E-state index in [1.165, 1.54) is 12.1 Å². The molecule has 3 N–H and O–H groups in total. The lowest BCUT2D eigenvalue weighted by molar-refractivity contribution is -0.116. The minimum absolute atomic E-state index is 0.0417. The van der Waals surface area contributed by atoms with Crippen molar-refractivity contribution in [3.63, 3.8) is 0 Å². The smallest absolute Gasteiger partial charge is 0.233 e. The Morgan fingerprint density at radius 3 is 2.48 bits per heavy atom. The van der Waals surface area contributed by atoms with Gasteiger partial charge in [-0.2, -0.15) is 0 Å². The zero-order valence-corrected chi connectivity index (χ0v) is 14.6. The number of sulfonamides is 1. The van der Waals surface area contributed by atoms with Crippen LogP contribution in [0.2, 0.25) is 0 Å². The third-order valence-electron chi connectivity index (χ3n) is 3.35. The van der Waals surface area contributed by atoms with Crippen molar-refractivity contribution in [2.75, 3.05) is 11.9 Å². The second kappa shape index (κ2) is 8.46. The lowest BCUT2D eigenvalue weighted by atomic mass is 10.2. The summed E-state index contributed by atoms with van der Waals surface area (Å²) in [6.45, 7) is 1.91. The SMILES string of the molecule is Cc1ccc(C=CS(=O)(=O)NCCC(=O)Nc2ccccc2O)cc1. The monoisotopic (exact) mass is 360 g/mol. The van der Waals surface area contributed by atoms with Gasteiger partial charge in [0.2, 0.25) is 15.9 Å². The van der Waals surface area contributed by atoms with Crippen molar-refractivity contribution < 1.29 is 18.3 Å². The molecule has 0 radical (unpaired) electrons. The van der Waals surface area contributed by atoms with E-state index >= 15 is 0 Å². The number of carbonyl (C=O) groups is 1. The second-order valence-electron chi connectivity index (χ2n) is 5.47. The number of nitrogens with one attached hydrogen (secondary N) is 2. The zero-order valence-electron chi connectivity index (χ0n) is 13.8. The van der Waals surface area contributed by atoms with Crippen LogP contribution in [0.15, 0.2) is 53.9 Å². The van der Waals surface area contributed by atoms with Crippen LogP contribution < -0.4 is 10.0 Å². The van der Waals surface area contributed by atoms with E-state index in [0.29, 0.717) is 0 Å². The molecule has 2 aromatic carbocycles. The van der Waals surface area contributed by atoms with Crippen LogP contribution >= 0.6 is 0 Å². The van der Waals surface area contributed by atoms with E-state index in [1.807, 2.05) is 31.2 Å². The molecule has 2 aromatic rings. The molecule has 0 atom stereocenters. The summed E-state index contributed by atoms with van der Waals surface area (Å²) in [5.74, 6) is -0.441. The number of hydrogen-bond donors (Lipinski definition) is 3. The molecular weight excluding hydrogens is 340 g/mol. The van der Waals surface area contributed by atoms with Crippen LogP contribution in [-0.2, 0) is 14.8 Å². The fourth-order valence-corrected chi connectivity index (χ4v) is 2.81. The quantitative estimate of drug-likeness (QED) is 0.662. The third kappa shape index (κ3) is 6.40. The van der Waals surface area contributed by atoms with Gasteiger partial charge >= 0.3 is 0 Å². The molecule has 0 aromatic heterocycles. The standard InChI is InChI=1S/C18H20N2O4S/c1-14-6-8-15(9-7-14)11-13-25(23,24)19-12-10-18(22)20-16-4-2-3-5-17(16)21/h2-9,11,13,19,21H,10,12H2,1H3,(H,20,22). The van der Waals surface area contributed by atoms with Gasteiger partial charge in [-0.1, -0.05) is 42.0 Å². The lowest BCUT2D eigenvalue weighted by Gasteiger charge is -2.07. The number of para-hydroxylation sites is 2. The van der Waals surface area contributed by atoms with Crippen molar-refractivity contribution in [3.05, 3.63) is 65.1 Å². The van der Waals surface area contributed by atoms with Crippen molar-refractivity contribution in [1.29, 1.82) is 0 Å². The largest absolute Gasteiger partial charge is 0.506 e. The Hall–Kier alpha value is -2.64. The van der Waals surface area contributed by atoms with Crippen molar-refractivity contribution in [2.45, 2.75) is 13.3 Å². The fourth-order valence-electron chi connectivity index (χ4n) is 1.99. The predicted molar refractivity (Wildman–Crippen MR) is 98.5 cm³/mol. The number of amides is 1. The Labute approximate surface area is 147 Å². The summed E-state index contributed by atoms with van der Waals surface area (Å²) < 4.78 is 26.1. The van der Waals surface area contributed by atoms with E-state index in [4.69, 9.17) is 0 Å². The van der Waals surface area contributed by atoms with Crippen molar-refractivity contribution >= 4 is 27.7 Å². The molecular formula is C18H20N2O4S. The molecule has 25 heavy (non-hydrogen) atoms. The topological polar surface area (TPSA) is 95.5 Å². The first-order chi connectivity index (χ1) is 11.9. The molecule has 0 aliphatic rings. The van der Waals surface area contributed by atoms with Gasteiger partial charge in [-0.3, -0.25) is 4.79 Å². The highest BCUT2D eigenvalue weighted by Crippen LogP contribution is 2.21. The Morgan fingerprint density at radius 1 is 1.12 bits per heavy atom. The highest BCUT2D eigenvalue weighted by molar-refractivity contribution is 7.92. The van der Waals surface area contributed by atoms with Gasteiger partial charge in [0.05, 0.1) is 5.69 Å². The summed E-state index contributed by atoms with van der Waals surface area (Å²) in [6.07, 6.45) is 1.44. The Balaban J connectivity index is 1.82. The number of carbonyl (C=O) groups excluding carboxylic acids is 1. The van der Waals surface area contributed by atoms with E-state index in [9.17, 15) is 18.3 Å². The first-order valence-electron chi connectivity index (χ1n) is 7.68. The average molecular weight is 360 g/mol. The van der Waals surface area contributed by atoms with E-state index < -0.39 is 15.9 Å². The molecule has 0 unspecified atom stereocenters. The van der Waals surface area contributed by atoms with E-state index in [1.54, 1.807) is 18.2 Å². The molecule has 0 saturated carbocycles. The minimum Gasteiger partial charge on any atom is -0.506 e. The molecule has 0 aliphatic heterocycles. The van der Waals surface area contributed by atoms with Gasteiger partial charge in [0.25, 0.3) is 0 Å². The number of anilines is 1. The molecule has 7 heteroatoms. The second-order valence-corrected chi connectivity index (χ2v) is 7.12. The summed E-state index contributed by atoms with van der Waals surface area (Å²) in [4.78, 5) is 11.8. The Morgan fingerprint density at radius 2 is 1.80 bits per heavy atom. The van der Waals surface area contributed by atoms with E-state index in [0.717, 1.165) is 16.5 Å². The van der Waals surface area contributed by atoms with Crippen molar-refractivity contribution in [1.82, 2.24) is 4.72 Å². The third-order valence-corrected chi connectivity index (χ3v) is 4.45. The van der Waals surface area contributed by atoms with E-state index in [-0.39, 0.29) is 24.4 Å². The maximum absolute atomic E-state index is 11.9. The molecule has 0 fully saturated rings. The summed E-state index contributed by atoms with van der Waals surface area (Å²) in [7, 11) is -3.63. The molecule has 0 heterocycles. The lowest BCUT2D eigenvalue weighted by Crippen LogP contribution is -2.26. The molecule has 132 valence electrons. The van der Waals surface area contributed by atoms with Gasteiger partial charge < -0.3 is 10.4 Å². The van der Waals surface area contributed by atoms with Gasteiger partial charge in [0.15, 0.2) is 0 Å². The minimum atomic E-state index is -3.63. The number of phenolic OH excluding ortho intramolecular Hbond substituents is 1. The van der Waals surface area contributed by atoms with Crippen LogP contribution in [0.25, 0.3) is 6.08 Å². The molecule has 0 spiro atoms. The van der Waals surface area contributed by atoms with Gasteiger partial charge in [0.1, 0.15) is 5.75 Å². The van der Waals surface area contributed by atoms with Gasteiger partial charge in [-0.25, -0.2) is 13.1 Å². The van der Waals surface area contributed by atoms with Crippen LogP contribution in [0.1, 0.15) is 17.5 Å². The number of hydrogen-bond acceptors (Lipinski definition) is 4. The first-order valence-corrected chi connectivity index (χ1v) is 9.23. The predicted octanol–water partition coefficient (Wildman–Crippen LogP) is 2.62. The molecule has 0 aliphatic carbocycles. The van der Waals surface area contributed by atoms with Gasteiger partial charge in [-0.15, -0.1) is 0 Å². The number of aryl methyl sites for hydroxylation is 1. The van der Waals surface area contributed by atoms with E-state index in [2.05, 4.69) is 10.0 Å². The normalized spacial score (nSPS) is 11.6. The van der Waals surface area contributed by atoms with Crippen LogP contribution in [0.3, 0.4) is 0 Å². The maximum atomic E-state index is 11.9. The van der Waals surface area contributed by atoms with Gasteiger partial charge in [-0.05, 0) is 30.7 Å². The Bertz CT molecular complexity index is 859. The molecule has 0 saturated heterocycles. The molecule has 0 bridgehead atoms. The van der Waals surface area contributed by atoms with Crippen LogP contribution in [0.4, 0.5) is 5.69 Å². The van der Waals surface area contributed by atoms with Crippen LogP contribution in [0.5, 0.6) is 5.75 Å². The Kier molecular flexibility index (Phi) is 6.32. The zero-order chi connectivity index (χ0) is 18.3. The number of phenols is 1. The molecule has 6 nitrogen and oxygen atoms in total. The summed E-state index contributed by atoms with van der Waals surface area (Å²) in [5.41, 5.74) is 2.15. The highest BCUT2D eigenvalue weighted by Gasteiger charge is 2.09. The number of rotatable bonds is 7. The van der Waals surface area contributed by atoms with Crippen molar-refractivity contribution in [2.24, 2.45) is 0 Å². The first kappa shape index (κ1) is 18.7. The highest BCUT2D eigenvalue weighted by atomic mass is 32.2. The summed E-state index contributed by atoms with van der Waals surface area (Å²) in [6, 6.07) is 13.7. The maximum Gasteiger partial charge on any atom is 0.233 e. The molecule has 2 rings (SSSR count). The van der Waals surface area contributed by atoms with Gasteiger partial charge in [0, 0.05) is 18.4 Å².